The lowest BCUT2D eigenvalue weighted by Crippen LogP contribution is -2.19. The Morgan fingerprint density at radius 2 is 1.75 bits per heavy atom. The Morgan fingerprint density at radius 3 is 2.50 bits per heavy atom. The number of imidazole rings is 1. The molecule has 7 nitrogen and oxygen atoms in total. The predicted octanol–water partition coefficient (Wildman–Crippen LogP) is 4.54. The summed E-state index contributed by atoms with van der Waals surface area (Å²) < 4.78 is 1.93. The normalized spacial score (nSPS) is 16.9. The summed E-state index contributed by atoms with van der Waals surface area (Å²) in [6.07, 6.45) is 5.28. The molecule has 0 fully saturated rings. The van der Waals surface area contributed by atoms with Crippen molar-refractivity contribution in [3.8, 4) is 0 Å². The average Bonchev–Trinajstić information content (AvgIpc) is 3.23. The summed E-state index contributed by atoms with van der Waals surface area (Å²) in [4.78, 5) is 30.1. The molecule has 1 unspecified atom stereocenters. The van der Waals surface area contributed by atoms with Crippen LogP contribution < -0.4 is 0 Å². The first-order valence-electron chi connectivity index (χ1n) is 10.4. The Balaban J connectivity index is 1.41. The van der Waals surface area contributed by atoms with Gasteiger partial charge in [-0.15, -0.1) is 0 Å². The molecule has 2 aromatic heterocycles. The van der Waals surface area contributed by atoms with E-state index < -0.39 is 0 Å². The highest BCUT2D eigenvalue weighted by atomic mass is 16.3. The van der Waals surface area contributed by atoms with Crippen molar-refractivity contribution in [2.75, 3.05) is 0 Å². The van der Waals surface area contributed by atoms with Crippen LogP contribution in [0.25, 0.3) is 11.2 Å². The van der Waals surface area contributed by atoms with E-state index in [1.807, 2.05) is 65.2 Å². The van der Waals surface area contributed by atoms with Gasteiger partial charge in [-0.3, -0.25) is 4.79 Å². The molecular formula is C25H21N5O2. The molecule has 7 heteroatoms. The molecule has 1 N–H and O–H groups in total. The second kappa shape index (κ2) is 8.55. The first kappa shape index (κ1) is 19.8. The Bertz CT molecular complexity index is 1330. The number of benzene rings is 2. The van der Waals surface area contributed by atoms with Crippen LogP contribution in [-0.4, -0.2) is 36.6 Å². The van der Waals surface area contributed by atoms with Crippen LogP contribution in [0.1, 0.15) is 29.9 Å². The van der Waals surface area contributed by atoms with Gasteiger partial charge in [0.25, 0.3) is 0 Å². The van der Waals surface area contributed by atoms with Crippen LogP contribution in [0.3, 0.4) is 0 Å². The molecule has 0 bridgehead atoms. The summed E-state index contributed by atoms with van der Waals surface area (Å²) in [6.45, 7) is 0.628. The van der Waals surface area contributed by atoms with E-state index in [1.54, 1.807) is 6.33 Å². The molecule has 2 heterocycles. The molecule has 0 saturated heterocycles. The third-order valence-corrected chi connectivity index (χ3v) is 5.65. The van der Waals surface area contributed by atoms with E-state index in [0.717, 1.165) is 11.1 Å². The molecule has 0 spiro atoms. The number of hydrogen-bond donors (Lipinski definition) is 1. The first-order chi connectivity index (χ1) is 15.7. The molecule has 1 atom stereocenters. The zero-order valence-electron chi connectivity index (χ0n) is 17.3. The van der Waals surface area contributed by atoms with Crippen molar-refractivity contribution in [2.24, 2.45) is 4.99 Å². The van der Waals surface area contributed by atoms with Crippen LogP contribution in [0, 0.1) is 0 Å². The zero-order valence-corrected chi connectivity index (χ0v) is 17.3. The molecule has 0 saturated carbocycles. The van der Waals surface area contributed by atoms with Crippen LogP contribution in [0.5, 0.6) is 0 Å². The molecule has 2 aromatic carbocycles. The standard InChI is InChI=1S/C25H21N5O2/c31-21-11-19(18-9-5-2-6-10-18)12-22(32)20(21)13-26-24-23-25(28-15-27-24)30(16-29-23)14-17-7-3-1-4-8-17/h1-10,13,15-16,19,31H,11-12,14H2. The topological polar surface area (TPSA) is 93.3 Å². The third-order valence-electron chi connectivity index (χ3n) is 5.65. The summed E-state index contributed by atoms with van der Waals surface area (Å²) in [5, 5.41) is 10.5. The Hall–Kier alpha value is -4.13. The Labute approximate surface area is 184 Å². The number of carbonyl (C=O) groups excluding carboxylic acids is 1. The second-order valence-corrected chi connectivity index (χ2v) is 7.79. The highest BCUT2D eigenvalue weighted by molar-refractivity contribution is 6.15. The van der Waals surface area contributed by atoms with E-state index in [2.05, 4.69) is 19.9 Å². The van der Waals surface area contributed by atoms with E-state index in [0.29, 0.717) is 36.4 Å². The summed E-state index contributed by atoms with van der Waals surface area (Å²) in [5.74, 6) is 0.255. The molecule has 0 aliphatic heterocycles. The number of aliphatic imine (C=N–C) groups is 1. The maximum atomic E-state index is 12.7. The van der Waals surface area contributed by atoms with Gasteiger partial charge in [0.2, 0.25) is 0 Å². The molecule has 0 radical (unpaired) electrons. The van der Waals surface area contributed by atoms with Crippen LogP contribution in [0.15, 0.2) is 89.6 Å². The number of Topliss-reactive ketones (excluding diaryl/α,β-unsaturated/α-hetero) is 1. The Morgan fingerprint density at radius 1 is 1.00 bits per heavy atom. The van der Waals surface area contributed by atoms with E-state index >= 15 is 0 Å². The molecule has 4 aromatic rings. The van der Waals surface area contributed by atoms with Crippen molar-refractivity contribution < 1.29 is 9.90 Å². The third kappa shape index (κ3) is 3.92. The van der Waals surface area contributed by atoms with Crippen LogP contribution >= 0.6 is 0 Å². The van der Waals surface area contributed by atoms with Gasteiger partial charge in [-0.1, -0.05) is 60.7 Å². The monoisotopic (exact) mass is 423 g/mol. The molecular weight excluding hydrogens is 402 g/mol. The maximum absolute atomic E-state index is 12.7. The summed E-state index contributed by atoms with van der Waals surface area (Å²) >= 11 is 0. The summed E-state index contributed by atoms with van der Waals surface area (Å²) in [7, 11) is 0. The minimum atomic E-state index is -0.133. The highest BCUT2D eigenvalue weighted by Gasteiger charge is 2.27. The van der Waals surface area contributed by atoms with Crippen LogP contribution in [0.4, 0.5) is 5.82 Å². The highest BCUT2D eigenvalue weighted by Crippen LogP contribution is 2.33. The van der Waals surface area contributed by atoms with Crippen LogP contribution in [-0.2, 0) is 11.3 Å². The fraction of sp³-hybridized carbons (Fsp3) is 0.160. The molecule has 1 aliphatic rings. The number of aliphatic hydroxyl groups is 1. The lowest BCUT2D eigenvalue weighted by atomic mass is 9.83. The second-order valence-electron chi connectivity index (χ2n) is 7.79. The van der Waals surface area contributed by atoms with Crippen molar-refractivity contribution >= 4 is 29.0 Å². The van der Waals surface area contributed by atoms with Gasteiger partial charge in [0.1, 0.15) is 12.1 Å². The number of nitrogens with zero attached hydrogens (tertiary/aromatic N) is 5. The van der Waals surface area contributed by atoms with Crippen LogP contribution in [0.2, 0.25) is 0 Å². The lowest BCUT2D eigenvalue weighted by molar-refractivity contribution is -0.116. The predicted molar refractivity (Wildman–Crippen MR) is 122 cm³/mol. The van der Waals surface area contributed by atoms with Gasteiger partial charge in [0.15, 0.2) is 22.8 Å². The minimum Gasteiger partial charge on any atom is -0.511 e. The van der Waals surface area contributed by atoms with E-state index in [9.17, 15) is 9.90 Å². The van der Waals surface area contributed by atoms with Crippen molar-refractivity contribution in [1.29, 1.82) is 0 Å². The van der Waals surface area contributed by atoms with E-state index in [1.165, 1.54) is 12.5 Å². The summed E-state index contributed by atoms with van der Waals surface area (Å²) in [6, 6.07) is 19.8. The number of allylic oxidation sites excluding steroid dienone is 2. The van der Waals surface area contributed by atoms with Crippen molar-refractivity contribution in [3.05, 3.63) is 95.8 Å². The quantitative estimate of drug-likeness (QED) is 0.476. The van der Waals surface area contributed by atoms with E-state index in [4.69, 9.17) is 0 Å². The zero-order chi connectivity index (χ0) is 21.9. The van der Waals surface area contributed by atoms with Crippen molar-refractivity contribution in [1.82, 2.24) is 19.5 Å². The number of hydrogen-bond acceptors (Lipinski definition) is 6. The van der Waals surface area contributed by atoms with Gasteiger partial charge < -0.3 is 9.67 Å². The minimum absolute atomic E-state index is 0.0275. The average molecular weight is 423 g/mol. The fourth-order valence-corrected chi connectivity index (χ4v) is 4.00. The fourth-order valence-electron chi connectivity index (χ4n) is 4.00. The van der Waals surface area contributed by atoms with Gasteiger partial charge in [0.05, 0.1) is 18.4 Å². The molecule has 0 amide bonds. The molecule has 1 aliphatic carbocycles. The first-order valence-corrected chi connectivity index (χ1v) is 10.4. The number of carbonyl (C=O) groups is 1. The SMILES string of the molecule is O=C1CC(c2ccccc2)CC(O)=C1C=Nc1ncnc2c1ncn2Cc1ccccc1. The van der Waals surface area contributed by atoms with Gasteiger partial charge in [-0.2, -0.15) is 0 Å². The Kier molecular flexibility index (Phi) is 5.29. The largest absolute Gasteiger partial charge is 0.511 e. The van der Waals surface area contributed by atoms with E-state index in [-0.39, 0.29) is 23.0 Å². The number of aromatic nitrogens is 4. The lowest BCUT2D eigenvalue weighted by Gasteiger charge is -2.22. The number of rotatable bonds is 5. The number of fused-ring (bicyclic) bond motifs is 1. The molecule has 5 rings (SSSR count). The van der Waals surface area contributed by atoms with Gasteiger partial charge in [-0.25, -0.2) is 19.9 Å². The molecule has 158 valence electrons. The van der Waals surface area contributed by atoms with Gasteiger partial charge in [0, 0.05) is 19.1 Å². The number of ketones is 1. The van der Waals surface area contributed by atoms with Gasteiger partial charge >= 0.3 is 0 Å². The van der Waals surface area contributed by atoms with Gasteiger partial charge in [-0.05, 0) is 17.0 Å². The summed E-state index contributed by atoms with van der Waals surface area (Å²) in [5.41, 5.74) is 3.61. The van der Waals surface area contributed by atoms with Crippen molar-refractivity contribution in [2.45, 2.75) is 25.3 Å². The smallest absolute Gasteiger partial charge is 0.183 e. The number of aliphatic hydroxyl groups excluding tert-OH is 1. The van der Waals surface area contributed by atoms with Crippen molar-refractivity contribution in [3.63, 3.8) is 0 Å². The molecule has 32 heavy (non-hydrogen) atoms. The maximum Gasteiger partial charge on any atom is 0.183 e.